The Kier molecular flexibility index (Phi) is 8.87. The van der Waals surface area contributed by atoms with Crippen molar-refractivity contribution in [3.63, 3.8) is 0 Å². The molecule has 1 fully saturated rings. The van der Waals surface area contributed by atoms with Gasteiger partial charge in [0.15, 0.2) is 5.78 Å². The van der Waals surface area contributed by atoms with Crippen LogP contribution in [0.25, 0.3) is 0 Å². The van der Waals surface area contributed by atoms with Gasteiger partial charge in [-0.25, -0.2) is 0 Å². The first-order valence-electron chi connectivity index (χ1n) is 10.4. The Morgan fingerprint density at radius 1 is 0.962 bits per heavy atom. The molecule has 26 heavy (non-hydrogen) atoms. The highest BCUT2D eigenvalue weighted by Gasteiger charge is 2.22. The normalized spacial score (nSPS) is 19.9. The fourth-order valence-corrected chi connectivity index (χ4v) is 4.03. The predicted molar refractivity (Wildman–Crippen MR) is 105 cm³/mol. The van der Waals surface area contributed by atoms with Crippen LogP contribution in [0, 0.1) is 5.92 Å². The molecule has 1 saturated carbocycles. The van der Waals surface area contributed by atoms with E-state index in [0.29, 0.717) is 18.1 Å². The maximum Gasteiger partial charge on any atom is 0.313 e. The third-order valence-corrected chi connectivity index (χ3v) is 5.63. The summed E-state index contributed by atoms with van der Waals surface area (Å²) in [4.78, 5) is 23.5. The van der Waals surface area contributed by atoms with Gasteiger partial charge in [0.05, 0.1) is 6.61 Å². The molecule has 1 aliphatic rings. The van der Waals surface area contributed by atoms with Crippen molar-refractivity contribution in [3.8, 4) is 0 Å². The highest BCUT2D eigenvalue weighted by atomic mass is 16.5. The number of carbonyl (C=O) groups is 2. The van der Waals surface area contributed by atoms with Crippen molar-refractivity contribution in [2.45, 2.75) is 84.0 Å². The molecule has 1 aromatic rings. The summed E-state index contributed by atoms with van der Waals surface area (Å²) in [6, 6.07) is 7.89. The summed E-state index contributed by atoms with van der Waals surface area (Å²) in [5, 5.41) is 0. The number of carbonyl (C=O) groups excluding carboxylic acids is 2. The van der Waals surface area contributed by atoms with Crippen molar-refractivity contribution in [1.82, 2.24) is 0 Å². The van der Waals surface area contributed by atoms with Crippen LogP contribution in [0.1, 0.15) is 99.9 Å². The van der Waals surface area contributed by atoms with Crippen LogP contribution in [0.2, 0.25) is 0 Å². The van der Waals surface area contributed by atoms with Crippen LogP contribution in [0.15, 0.2) is 24.3 Å². The molecular formula is C23H34O3. The van der Waals surface area contributed by atoms with Crippen LogP contribution < -0.4 is 0 Å². The monoisotopic (exact) mass is 358 g/mol. The van der Waals surface area contributed by atoms with Gasteiger partial charge in [0, 0.05) is 5.56 Å². The summed E-state index contributed by atoms with van der Waals surface area (Å²) < 4.78 is 4.84. The molecule has 0 bridgehead atoms. The number of hydrogen-bond donors (Lipinski definition) is 0. The van der Waals surface area contributed by atoms with Crippen molar-refractivity contribution < 1.29 is 14.3 Å². The minimum absolute atomic E-state index is 0.161. The van der Waals surface area contributed by atoms with E-state index in [4.69, 9.17) is 4.74 Å². The average molecular weight is 359 g/mol. The number of ether oxygens (including phenoxy) is 1. The number of benzene rings is 1. The number of rotatable bonds is 10. The zero-order valence-electron chi connectivity index (χ0n) is 16.5. The molecule has 3 nitrogen and oxygen atoms in total. The summed E-state index contributed by atoms with van der Waals surface area (Å²) in [6.45, 7) is 4.32. The van der Waals surface area contributed by atoms with Gasteiger partial charge in [-0.1, -0.05) is 63.3 Å². The zero-order valence-corrected chi connectivity index (χ0v) is 16.5. The fraction of sp³-hybridized carbons (Fsp3) is 0.652. The summed E-state index contributed by atoms with van der Waals surface area (Å²) in [5.74, 6) is 0.925. The second kappa shape index (κ2) is 11.2. The molecule has 0 amide bonds. The van der Waals surface area contributed by atoms with E-state index >= 15 is 0 Å². The molecule has 1 aromatic carbocycles. The third-order valence-electron chi connectivity index (χ3n) is 5.63. The van der Waals surface area contributed by atoms with E-state index in [-0.39, 0.29) is 12.2 Å². The van der Waals surface area contributed by atoms with Crippen LogP contribution in [-0.4, -0.2) is 18.4 Å². The number of unbranched alkanes of at least 4 members (excludes halogenated alkanes) is 3. The van der Waals surface area contributed by atoms with E-state index in [0.717, 1.165) is 5.92 Å². The Balaban J connectivity index is 1.78. The van der Waals surface area contributed by atoms with E-state index in [9.17, 15) is 9.59 Å². The molecule has 0 radical (unpaired) electrons. The second-order valence-corrected chi connectivity index (χ2v) is 7.59. The lowest BCUT2D eigenvalue weighted by Gasteiger charge is -2.29. The standard InChI is InChI=1S/C23H34O3/c1-3-5-6-7-8-18-9-11-19(12-10-18)20-13-15-21(16-14-20)22(24)17-23(25)26-4-2/h13-16,18-19H,3-12,17H2,1-2H3. The molecule has 0 unspecified atom stereocenters. The summed E-state index contributed by atoms with van der Waals surface area (Å²) in [5.41, 5.74) is 1.94. The van der Waals surface area contributed by atoms with Crippen LogP contribution in [0.5, 0.6) is 0 Å². The van der Waals surface area contributed by atoms with Gasteiger partial charge in [-0.3, -0.25) is 9.59 Å². The topological polar surface area (TPSA) is 43.4 Å². The van der Waals surface area contributed by atoms with E-state index in [1.807, 2.05) is 12.1 Å². The predicted octanol–water partition coefficient (Wildman–Crippen LogP) is 6.07. The molecule has 144 valence electrons. The zero-order chi connectivity index (χ0) is 18.8. The van der Waals surface area contributed by atoms with Crippen LogP contribution in [-0.2, 0) is 9.53 Å². The molecule has 0 spiro atoms. The van der Waals surface area contributed by atoms with E-state index in [1.165, 1.54) is 63.4 Å². The van der Waals surface area contributed by atoms with Gasteiger partial charge < -0.3 is 4.74 Å². The van der Waals surface area contributed by atoms with Gasteiger partial charge in [0.1, 0.15) is 6.42 Å². The highest BCUT2D eigenvalue weighted by molar-refractivity contribution is 6.05. The Labute approximate surface area is 158 Å². The molecule has 0 aromatic heterocycles. The SMILES string of the molecule is CCCCCCC1CCC(c2ccc(C(=O)CC(=O)OCC)cc2)CC1. The maximum atomic E-state index is 12.1. The minimum Gasteiger partial charge on any atom is -0.466 e. The number of hydrogen-bond acceptors (Lipinski definition) is 3. The molecule has 2 rings (SSSR count). The van der Waals surface area contributed by atoms with Crippen molar-refractivity contribution in [2.75, 3.05) is 6.61 Å². The minimum atomic E-state index is -0.446. The van der Waals surface area contributed by atoms with Crippen LogP contribution >= 0.6 is 0 Å². The first-order chi connectivity index (χ1) is 12.6. The first kappa shape index (κ1) is 20.7. The van der Waals surface area contributed by atoms with Gasteiger partial charge in [-0.05, 0) is 50.0 Å². The highest BCUT2D eigenvalue weighted by Crippen LogP contribution is 2.37. The molecule has 0 heterocycles. The lowest BCUT2D eigenvalue weighted by atomic mass is 9.77. The molecule has 3 heteroatoms. The van der Waals surface area contributed by atoms with E-state index < -0.39 is 5.97 Å². The third kappa shape index (κ3) is 6.59. The lowest BCUT2D eigenvalue weighted by Crippen LogP contribution is -2.14. The first-order valence-corrected chi connectivity index (χ1v) is 10.4. The van der Waals surface area contributed by atoms with Gasteiger partial charge in [-0.15, -0.1) is 0 Å². The van der Waals surface area contributed by atoms with Gasteiger partial charge in [0.2, 0.25) is 0 Å². The Hall–Kier alpha value is -1.64. The van der Waals surface area contributed by atoms with Gasteiger partial charge in [-0.2, -0.15) is 0 Å². The Morgan fingerprint density at radius 3 is 2.27 bits per heavy atom. The summed E-state index contributed by atoms with van der Waals surface area (Å²) in [6.07, 6.45) is 11.9. The van der Waals surface area contributed by atoms with E-state index in [1.54, 1.807) is 6.92 Å². The molecule has 0 atom stereocenters. The molecule has 0 aliphatic heterocycles. The maximum absolute atomic E-state index is 12.1. The van der Waals surface area contributed by atoms with Gasteiger partial charge in [0.25, 0.3) is 0 Å². The van der Waals surface area contributed by atoms with Crippen molar-refractivity contribution >= 4 is 11.8 Å². The molecule has 1 aliphatic carbocycles. The molecular weight excluding hydrogens is 324 g/mol. The Morgan fingerprint density at radius 2 is 1.65 bits per heavy atom. The fourth-order valence-electron chi connectivity index (χ4n) is 4.03. The lowest BCUT2D eigenvalue weighted by molar-refractivity contribution is -0.141. The van der Waals surface area contributed by atoms with Crippen molar-refractivity contribution in [3.05, 3.63) is 35.4 Å². The average Bonchev–Trinajstić information content (AvgIpc) is 2.66. The van der Waals surface area contributed by atoms with Crippen molar-refractivity contribution in [2.24, 2.45) is 5.92 Å². The van der Waals surface area contributed by atoms with Crippen LogP contribution in [0.3, 0.4) is 0 Å². The Bertz CT molecular complexity index is 553. The van der Waals surface area contributed by atoms with Gasteiger partial charge >= 0.3 is 5.97 Å². The van der Waals surface area contributed by atoms with Crippen molar-refractivity contribution in [1.29, 1.82) is 0 Å². The number of esters is 1. The molecule has 0 N–H and O–H groups in total. The van der Waals surface area contributed by atoms with E-state index in [2.05, 4.69) is 19.1 Å². The quantitative estimate of drug-likeness (QED) is 0.221. The number of Topliss-reactive ketones (excluding diaryl/α,β-unsaturated/α-hetero) is 1. The number of ketones is 1. The van der Waals surface area contributed by atoms with Crippen LogP contribution in [0.4, 0.5) is 0 Å². The summed E-state index contributed by atoms with van der Waals surface area (Å²) >= 11 is 0. The molecule has 0 saturated heterocycles. The second-order valence-electron chi connectivity index (χ2n) is 7.59. The smallest absolute Gasteiger partial charge is 0.313 e. The summed E-state index contributed by atoms with van der Waals surface area (Å²) in [7, 11) is 0. The largest absolute Gasteiger partial charge is 0.466 e.